The third kappa shape index (κ3) is 6.37. The first-order chi connectivity index (χ1) is 15.1. The van der Waals surface area contributed by atoms with Crippen LogP contribution in [0.1, 0.15) is 25.3 Å². The minimum atomic E-state index is -0.370. The maximum Gasteiger partial charge on any atom is 0.323 e. The smallest absolute Gasteiger partial charge is 0.323 e. The highest BCUT2D eigenvalue weighted by Crippen LogP contribution is 2.20. The summed E-state index contributed by atoms with van der Waals surface area (Å²) in [4.78, 5) is 28.5. The Balaban J connectivity index is 1.47. The van der Waals surface area contributed by atoms with E-state index in [0.717, 1.165) is 38.2 Å². The monoisotopic (exact) mass is 420 g/mol. The largest absolute Gasteiger partial charge is 0.368 e. The number of hydrogen-bond acceptors (Lipinski definition) is 4. The van der Waals surface area contributed by atoms with Crippen LogP contribution in [0.5, 0.6) is 0 Å². The van der Waals surface area contributed by atoms with Crippen LogP contribution in [-0.4, -0.2) is 49.7 Å². The van der Waals surface area contributed by atoms with Crippen LogP contribution in [0.3, 0.4) is 0 Å². The first-order valence-electron chi connectivity index (χ1n) is 10.5. The predicted octanol–water partition coefficient (Wildman–Crippen LogP) is 3.83. The van der Waals surface area contributed by atoms with E-state index in [9.17, 15) is 9.59 Å². The van der Waals surface area contributed by atoms with Crippen LogP contribution in [0.25, 0.3) is 0 Å². The van der Waals surface area contributed by atoms with E-state index in [-0.39, 0.29) is 12.1 Å². The van der Waals surface area contributed by atoms with Gasteiger partial charge in [-0.05, 0) is 48.9 Å². The summed E-state index contributed by atoms with van der Waals surface area (Å²) in [6, 6.07) is 16.1. The zero-order valence-corrected chi connectivity index (χ0v) is 17.7. The molecular formula is C23H28N6O2. The van der Waals surface area contributed by atoms with E-state index < -0.39 is 0 Å². The number of carbonyl (C=O) groups excluding carboxylic acids is 2. The minimum absolute atomic E-state index is 0.0129. The Hall–Kier alpha value is -3.73. The number of nitrogens with zero attached hydrogens (tertiary/aromatic N) is 3. The van der Waals surface area contributed by atoms with Gasteiger partial charge in [-0.25, -0.2) is 9.59 Å². The first kappa shape index (κ1) is 22.0. The van der Waals surface area contributed by atoms with Gasteiger partial charge in [0.25, 0.3) is 0 Å². The Labute approximate surface area is 182 Å². The van der Waals surface area contributed by atoms with E-state index in [1.165, 1.54) is 0 Å². The van der Waals surface area contributed by atoms with E-state index in [0.29, 0.717) is 30.0 Å². The quantitative estimate of drug-likeness (QED) is 0.618. The second-order valence-corrected chi connectivity index (χ2v) is 7.38. The fourth-order valence-corrected chi connectivity index (χ4v) is 3.37. The molecule has 3 rings (SSSR count). The molecule has 0 aromatic heterocycles. The van der Waals surface area contributed by atoms with Gasteiger partial charge in [-0.15, -0.1) is 0 Å². The molecule has 31 heavy (non-hydrogen) atoms. The van der Waals surface area contributed by atoms with Crippen molar-refractivity contribution < 1.29 is 9.59 Å². The fourth-order valence-electron chi connectivity index (χ4n) is 3.37. The molecule has 162 valence electrons. The van der Waals surface area contributed by atoms with Gasteiger partial charge in [0, 0.05) is 49.8 Å². The summed E-state index contributed by atoms with van der Waals surface area (Å²) in [6.07, 6.45) is 2.06. The molecule has 1 heterocycles. The van der Waals surface area contributed by atoms with Crippen LogP contribution < -0.4 is 20.9 Å². The lowest BCUT2D eigenvalue weighted by Crippen LogP contribution is -2.52. The standard InChI is InChI=1S/C23H28N6O2/c1-2-3-11-25-23(31)29-14-12-28(13-15-29)21-9-7-19(8-10-21)26-22(30)27-20-6-4-5-18(16-20)17-24/h4-10,16H,2-3,11-15H2,1H3,(H,25,31)(H2,26,27,30). The Morgan fingerprint density at radius 3 is 2.39 bits per heavy atom. The molecule has 1 aliphatic rings. The van der Waals surface area contributed by atoms with Crippen LogP contribution in [0.4, 0.5) is 26.7 Å². The number of anilines is 3. The molecule has 1 saturated heterocycles. The second kappa shape index (κ2) is 10.9. The summed E-state index contributed by atoms with van der Waals surface area (Å²) in [5.41, 5.74) is 2.77. The number of nitriles is 1. The minimum Gasteiger partial charge on any atom is -0.368 e. The average Bonchev–Trinajstić information content (AvgIpc) is 2.80. The van der Waals surface area contributed by atoms with Crippen molar-refractivity contribution in [3.63, 3.8) is 0 Å². The van der Waals surface area contributed by atoms with Crippen molar-refractivity contribution in [1.29, 1.82) is 5.26 Å². The highest BCUT2D eigenvalue weighted by atomic mass is 16.2. The van der Waals surface area contributed by atoms with Crippen molar-refractivity contribution >= 4 is 29.1 Å². The normalized spacial score (nSPS) is 13.3. The predicted molar refractivity (Wildman–Crippen MR) is 122 cm³/mol. The third-order valence-corrected chi connectivity index (χ3v) is 5.11. The molecule has 8 nitrogen and oxygen atoms in total. The van der Waals surface area contributed by atoms with Crippen molar-refractivity contribution in [2.75, 3.05) is 48.3 Å². The highest BCUT2D eigenvalue weighted by molar-refractivity contribution is 5.99. The molecule has 0 radical (unpaired) electrons. The van der Waals surface area contributed by atoms with Gasteiger partial charge in [-0.2, -0.15) is 5.26 Å². The summed E-state index contributed by atoms with van der Waals surface area (Å²) < 4.78 is 0. The van der Waals surface area contributed by atoms with E-state index in [1.54, 1.807) is 24.3 Å². The first-order valence-corrected chi connectivity index (χ1v) is 10.5. The number of rotatable bonds is 6. The Bertz CT molecular complexity index is 930. The molecular weight excluding hydrogens is 392 g/mol. The Morgan fingerprint density at radius 2 is 1.71 bits per heavy atom. The highest BCUT2D eigenvalue weighted by Gasteiger charge is 2.21. The molecule has 0 atom stereocenters. The molecule has 0 spiro atoms. The van der Waals surface area contributed by atoms with Crippen LogP contribution in [0.2, 0.25) is 0 Å². The van der Waals surface area contributed by atoms with Gasteiger partial charge >= 0.3 is 12.1 Å². The zero-order valence-electron chi connectivity index (χ0n) is 17.7. The molecule has 2 aromatic carbocycles. The molecule has 8 heteroatoms. The van der Waals surface area contributed by atoms with Crippen LogP contribution in [-0.2, 0) is 0 Å². The number of unbranched alkanes of at least 4 members (excludes halogenated alkanes) is 1. The summed E-state index contributed by atoms with van der Waals surface area (Å²) in [5, 5.41) is 17.4. The van der Waals surface area contributed by atoms with Crippen molar-refractivity contribution in [1.82, 2.24) is 10.2 Å². The summed E-state index contributed by atoms with van der Waals surface area (Å²) in [5.74, 6) is 0. The van der Waals surface area contributed by atoms with Crippen molar-refractivity contribution in [3.05, 3.63) is 54.1 Å². The lowest BCUT2D eigenvalue weighted by atomic mass is 10.2. The van der Waals surface area contributed by atoms with Crippen molar-refractivity contribution in [3.8, 4) is 6.07 Å². The summed E-state index contributed by atoms with van der Waals surface area (Å²) in [7, 11) is 0. The topological polar surface area (TPSA) is 100 Å². The van der Waals surface area contributed by atoms with E-state index in [1.807, 2.05) is 35.2 Å². The van der Waals surface area contributed by atoms with Crippen molar-refractivity contribution in [2.24, 2.45) is 0 Å². The molecule has 0 bridgehead atoms. The maximum absolute atomic E-state index is 12.2. The van der Waals surface area contributed by atoms with Crippen LogP contribution in [0.15, 0.2) is 48.5 Å². The molecule has 0 aliphatic carbocycles. The van der Waals surface area contributed by atoms with Gasteiger partial charge in [0.1, 0.15) is 0 Å². The summed E-state index contributed by atoms with van der Waals surface area (Å²) >= 11 is 0. The van der Waals surface area contributed by atoms with Gasteiger partial charge in [0.2, 0.25) is 0 Å². The van der Waals surface area contributed by atoms with Crippen LogP contribution in [0, 0.1) is 11.3 Å². The molecule has 4 amide bonds. The van der Waals surface area contributed by atoms with Crippen LogP contribution >= 0.6 is 0 Å². The number of nitrogens with one attached hydrogen (secondary N) is 3. The number of amides is 4. The fraction of sp³-hybridized carbons (Fsp3) is 0.348. The summed E-state index contributed by atoms with van der Waals surface area (Å²) in [6.45, 7) is 5.73. The lowest BCUT2D eigenvalue weighted by molar-refractivity contribution is 0.194. The van der Waals surface area contributed by atoms with E-state index >= 15 is 0 Å². The molecule has 1 fully saturated rings. The average molecular weight is 421 g/mol. The zero-order chi connectivity index (χ0) is 22.1. The van der Waals surface area contributed by atoms with E-state index in [2.05, 4.69) is 27.8 Å². The Kier molecular flexibility index (Phi) is 7.71. The Morgan fingerprint density at radius 1 is 1.00 bits per heavy atom. The number of urea groups is 2. The van der Waals surface area contributed by atoms with Gasteiger partial charge in [0.15, 0.2) is 0 Å². The lowest BCUT2D eigenvalue weighted by Gasteiger charge is -2.36. The molecule has 3 N–H and O–H groups in total. The molecule has 0 unspecified atom stereocenters. The van der Waals surface area contributed by atoms with E-state index in [4.69, 9.17) is 5.26 Å². The number of benzene rings is 2. The molecule has 0 saturated carbocycles. The number of carbonyl (C=O) groups is 2. The van der Waals surface area contributed by atoms with Gasteiger partial charge in [-0.1, -0.05) is 19.4 Å². The molecule has 1 aliphatic heterocycles. The second-order valence-electron chi connectivity index (χ2n) is 7.38. The number of piperazine rings is 1. The SMILES string of the molecule is CCCCNC(=O)N1CCN(c2ccc(NC(=O)Nc3cccc(C#N)c3)cc2)CC1. The third-order valence-electron chi connectivity index (χ3n) is 5.11. The van der Waals surface area contributed by atoms with Crippen molar-refractivity contribution in [2.45, 2.75) is 19.8 Å². The van der Waals surface area contributed by atoms with Gasteiger partial charge in [0.05, 0.1) is 11.6 Å². The maximum atomic E-state index is 12.2. The number of hydrogen-bond donors (Lipinski definition) is 3. The van der Waals surface area contributed by atoms with Gasteiger partial charge < -0.3 is 25.8 Å². The van der Waals surface area contributed by atoms with Gasteiger partial charge in [-0.3, -0.25) is 0 Å². The molecule has 2 aromatic rings.